The average Bonchev–Trinajstić information content (AvgIpc) is 3.08. The molecule has 0 bridgehead atoms. The van der Waals surface area contributed by atoms with Gasteiger partial charge in [-0.1, -0.05) is 36.4 Å². The number of para-hydroxylation sites is 1. The van der Waals surface area contributed by atoms with Crippen molar-refractivity contribution in [3.05, 3.63) is 54.6 Å². The molecule has 1 amide bonds. The Hall–Kier alpha value is -2.25. The van der Waals surface area contributed by atoms with Crippen LogP contribution in [0.4, 0.5) is 8.78 Å². The zero-order valence-corrected chi connectivity index (χ0v) is 18.1. The summed E-state index contributed by atoms with van der Waals surface area (Å²) in [6.45, 7) is 3.05. The van der Waals surface area contributed by atoms with Crippen LogP contribution in [0.25, 0.3) is 0 Å². The lowest BCUT2D eigenvalue weighted by Crippen LogP contribution is -2.47. The van der Waals surface area contributed by atoms with Crippen LogP contribution >= 0.6 is 0 Å². The fourth-order valence-electron chi connectivity index (χ4n) is 4.12. The standard InChI is InChI=1S/C24H33F2NO4/c1-3-5-9-12-23(22(30)27-4-2,20-15-18(28)16-21(20)29)13-14-24(25,26)17-31-19-10-7-6-8-11-19/h3,5-8,10-11,13-14,18,20-21,28-29H,4,9,12,15-17H2,1-2H3,(H,27,30). The van der Waals surface area contributed by atoms with E-state index in [1.54, 1.807) is 37.3 Å². The summed E-state index contributed by atoms with van der Waals surface area (Å²) in [4.78, 5) is 13.1. The number of hydrogen-bond donors (Lipinski definition) is 3. The van der Waals surface area contributed by atoms with Gasteiger partial charge in [-0.3, -0.25) is 4.79 Å². The van der Waals surface area contributed by atoms with Gasteiger partial charge >= 0.3 is 0 Å². The van der Waals surface area contributed by atoms with Gasteiger partial charge in [0.05, 0.1) is 17.6 Å². The third-order valence-corrected chi connectivity index (χ3v) is 5.69. The van der Waals surface area contributed by atoms with Crippen molar-refractivity contribution in [1.29, 1.82) is 0 Å². The van der Waals surface area contributed by atoms with Crippen LogP contribution in [0.15, 0.2) is 54.6 Å². The minimum absolute atomic E-state index is 0.122. The molecular weight excluding hydrogens is 404 g/mol. The number of amides is 1. The molecule has 31 heavy (non-hydrogen) atoms. The molecule has 1 aliphatic carbocycles. The van der Waals surface area contributed by atoms with Gasteiger partial charge in [-0.2, -0.15) is 8.78 Å². The van der Waals surface area contributed by atoms with Gasteiger partial charge < -0.3 is 20.3 Å². The van der Waals surface area contributed by atoms with E-state index in [9.17, 15) is 23.8 Å². The van der Waals surface area contributed by atoms with E-state index in [-0.39, 0.29) is 19.3 Å². The lowest BCUT2D eigenvalue weighted by Gasteiger charge is -2.37. The normalized spacial score (nSPS) is 23.9. The van der Waals surface area contributed by atoms with Crippen LogP contribution in [0.1, 0.15) is 39.5 Å². The largest absolute Gasteiger partial charge is 0.487 e. The zero-order valence-electron chi connectivity index (χ0n) is 18.1. The van der Waals surface area contributed by atoms with Crippen molar-refractivity contribution in [3.8, 4) is 5.75 Å². The number of allylic oxidation sites excluding steroid dienone is 2. The van der Waals surface area contributed by atoms with Crippen LogP contribution in [0.2, 0.25) is 0 Å². The first-order valence-corrected chi connectivity index (χ1v) is 10.8. The minimum Gasteiger partial charge on any atom is -0.487 e. The van der Waals surface area contributed by atoms with E-state index in [1.807, 2.05) is 19.1 Å². The molecule has 4 atom stereocenters. The Kier molecular flexibility index (Phi) is 9.19. The number of ether oxygens (including phenoxy) is 1. The number of carbonyl (C=O) groups is 1. The van der Waals surface area contributed by atoms with Crippen LogP contribution in [0.3, 0.4) is 0 Å². The lowest BCUT2D eigenvalue weighted by molar-refractivity contribution is -0.133. The Morgan fingerprint density at radius 2 is 1.94 bits per heavy atom. The minimum atomic E-state index is -3.32. The zero-order chi connectivity index (χ0) is 22.9. The Morgan fingerprint density at radius 3 is 2.52 bits per heavy atom. The van der Waals surface area contributed by atoms with E-state index in [1.165, 1.54) is 6.08 Å². The molecule has 3 N–H and O–H groups in total. The molecule has 1 saturated carbocycles. The molecule has 1 aromatic carbocycles. The van der Waals surface area contributed by atoms with Crippen molar-refractivity contribution in [3.63, 3.8) is 0 Å². The van der Waals surface area contributed by atoms with Crippen molar-refractivity contribution < 1.29 is 28.5 Å². The average molecular weight is 438 g/mol. The number of aliphatic hydroxyl groups is 2. The molecule has 0 saturated heterocycles. The summed E-state index contributed by atoms with van der Waals surface area (Å²) in [5, 5.41) is 23.3. The SMILES string of the molecule is CC=CCCC(C=CC(F)(F)COc1ccccc1)(C(=O)NCC)C1CC(O)CC1O. The number of benzene rings is 1. The topological polar surface area (TPSA) is 78.8 Å². The Balaban J connectivity index is 2.33. The summed E-state index contributed by atoms with van der Waals surface area (Å²) < 4.78 is 34.5. The fourth-order valence-corrected chi connectivity index (χ4v) is 4.12. The third-order valence-electron chi connectivity index (χ3n) is 5.69. The molecule has 0 aromatic heterocycles. The molecule has 0 aliphatic heterocycles. The number of alkyl halides is 2. The first kappa shape index (κ1) is 25.0. The quantitative estimate of drug-likeness (QED) is 0.459. The highest BCUT2D eigenvalue weighted by molar-refractivity contribution is 5.85. The van der Waals surface area contributed by atoms with Crippen LogP contribution in [-0.2, 0) is 4.79 Å². The smallest absolute Gasteiger partial charge is 0.299 e. The highest BCUT2D eigenvalue weighted by Crippen LogP contribution is 2.45. The predicted octanol–water partition coefficient (Wildman–Crippen LogP) is 3.87. The molecule has 172 valence electrons. The molecular formula is C24H33F2NO4. The number of nitrogens with one attached hydrogen (secondary N) is 1. The lowest BCUT2D eigenvalue weighted by atomic mass is 9.69. The number of hydrogen-bond acceptors (Lipinski definition) is 4. The van der Waals surface area contributed by atoms with Crippen molar-refractivity contribution in [2.75, 3.05) is 13.2 Å². The van der Waals surface area contributed by atoms with Crippen LogP contribution < -0.4 is 10.1 Å². The second kappa shape index (κ2) is 11.4. The van der Waals surface area contributed by atoms with Crippen molar-refractivity contribution in [1.82, 2.24) is 5.32 Å². The molecule has 1 aliphatic rings. The third kappa shape index (κ3) is 6.87. The van der Waals surface area contributed by atoms with Crippen LogP contribution in [0, 0.1) is 11.3 Å². The second-order valence-corrected chi connectivity index (χ2v) is 8.00. The van der Waals surface area contributed by atoms with E-state index in [2.05, 4.69) is 5.32 Å². The Morgan fingerprint density at radius 1 is 1.23 bits per heavy atom. The van der Waals surface area contributed by atoms with Gasteiger partial charge in [0.2, 0.25) is 5.91 Å². The highest BCUT2D eigenvalue weighted by atomic mass is 19.3. The van der Waals surface area contributed by atoms with E-state index in [4.69, 9.17) is 4.74 Å². The van der Waals surface area contributed by atoms with E-state index in [0.29, 0.717) is 24.8 Å². The van der Waals surface area contributed by atoms with Crippen molar-refractivity contribution in [2.45, 2.75) is 57.7 Å². The molecule has 1 fully saturated rings. The molecule has 2 rings (SSSR count). The fraction of sp³-hybridized carbons (Fsp3) is 0.542. The maximum Gasteiger partial charge on any atom is 0.299 e. The molecule has 0 heterocycles. The number of rotatable bonds is 11. The number of halogens is 2. The Bertz CT molecular complexity index is 753. The number of carbonyl (C=O) groups excluding carboxylic acids is 1. The summed E-state index contributed by atoms with van der Waals surface area (Å²) in [7, 11) is 0. The van der Waals surface area contributed by atoms with E-state index >= 15 is 0 Å². The maximum atomic E-state index is 14.7. The van der Waals surface area contributed by atoms with Crippen LogP contribution in [-0.4, -0.2) is 47.4 Å². The van der Waals surface area contributed by atoms with Gasteiger partial charge in [0.1, 0.15) is 5.75 Å². The van der Waals surface area contributed by atoms with Gasteiger partial charge in [0.25, 0.3) is 5.92 Å². The molecule has 0 radical (unpaired) electrons. The summed E-state index contributed by atoms with van der Waals surface area (Å²) in [5.74, 6) is -4.08. The molecule has 4 unspecified atom stereocenters. The summed E-state index contributed by atoms with van der Waals surface area (Å²) in [6, 6.07) is 8.32. The van der Waals surface area contributed by atoms with Gasteiger partial charge in [0, 0.05) is 12.5 Å². The van der Waals surface area contributed by atoms with Gasteiger partial charge in [-0.05, 0) is 57.7 Å². The summed E-state index contributed by atoms with van der Waals surface area (Å²) >= 11 is 0. The van der Waals surface area contributed by atoms with Crippen molar-refractivity contribution in [2.24, 2.45) is 11.3 Å². The van der Waals surface area contributed by atoms with Gasteiger partial charge in [-0.15, -0.1) is 0 Å². The molecule has 5 nitrogen and oxygen atoms in total. The first-order chi connectivity index (χ1) is 14.7. The van der Waals surface area contributed by atoms with Gasteiger partial charge in [-0.25, -0.2) is 0 Å². The summed E-state index contributed by atoms with van der Waals surface area (Å²) in [5.41, 5.74) is -1.37. The monoisotopic (exact) mass is 437 g/mol. The Labute approximate surface area is 182 Å². The second-order valence-electron chi connectivity index (χ2n) is 8.00. The molecule has 1 aromatic rings. The maximum absolute atomic E-state index is 14.7. The summed E-state index contributed by atoms with van der Waals surface area (Å²) in [6.07, 6.45) is 4.90. The van der Waals surface area contributed by atoms with E-state index < -0.39 is 42.0 Å². The first-order valence-electron chi connectivity index (χ1n) is 10.8. The van der Waals surface area contributed by atoms with Gasteiger partial charge in [0.15, 0.2) is 6.61 Å². The number of aliphatic hydroxyl groups excluding tert-OH is 2. The highest BCUT2D eigenvalue weighted by Gasteiger charge is 2.50. The van der Waals surface area contributed by atoms with Crippen LogP contribution in [0.5, 0.6) is 5.75 Å². The molecule has 0 spiro atoms. The molecule has 7 heteroatoms. The van der Waals surface area contributed by atoms with Crippen molar-refractivity contribution >= 4 is 5.91 Å². The van der Waals surface area contributed by atoms with E-state index in [0.717, 1.165) is 0 Å². The predicted molar refractivity (Wildman–Crippen MR) is 116 cm³/mol.